The Morgan fingerprint density at radius 2 is 2.00 bits per heavy atom. The normalized spacial score (nSPS) is 11.9. The van der Waals surface area contributed by atoms with Crippen molar-refractivity contribution in [2.24, 2.45) is 5.73 Å². The summed E-state index contributed by atoms with van der Waals surface area (Å²) in [6.45, 7) is 1.90. The maximum atomic E-state index is 12.1. The van der Waals surface area contributed by atoms with Gasteiger partial charge >= 0.3 is 0 Å². The number of amides is 1. The molecule has 0 aliphatic rings. The van der Waals surface area contributed by atoms with E-state index in [-0.39, 0.29) is 11.9 Å². The molecule has 0 bridgehead atoms. The van der Waals surface area contributed by atoms with Crippen LogP contribution in [0.15, 0.2) is 47.2 Å². The fourth-order valence-corrected chi connectivity index (χ4v) is 2.21. The van der Waals surface area contributed by atoms with Gasteiger partial charge in [0.2, 0.25) is 0 Å². The number of halogens is 1. The lowest BCUT2D eigenvalue weighted by Crippen LogP contribution is -2.13. The van der Waals surface area contributed by atoms with E-state index < -0.39 is 0 Å². The average molecular weight is 320 g/mol. The standard InChI is InChI=1S/C14H14BrN3O/c1-9(16)10-2-3-12(13(15)8-10)14(19)18-11-4-6-17-7-5-11/h2-9H,16H2,1H3,(H,17,18,19). The van der Waals surface area contributed by atoms with Gasteiger partial charge in [-0.1, -0.05) is 6.07 Å². The average Bonchev–Trinajstić information content (AvgIpc) is 2.39. The third kappa shape index (κ3) is 3.39. The monoisotopic (exact) mass is 319 g/mol. The van der Waals surface area contributed by atoms with E-state index in [0.717, 1.165) is 10.0 Å². The van der Waals surface area contributed by atoms with Crippen LogP contribution in [0.3, 0.4) is 0 Å². The Hall–Kier alpha value is -1.72. The molecule has 1 heterocycles. The number of hydrogen-bond acceptors (Lipinski definition) is 3. The van der Waals surface area contributed by atoms with Crippen LogP contribution in [-0.2, 0) is 0 Å². The van der Waals surface area contributed by atoms with Crippen LogP contribution in [0.25, 0.3) is 0 Å². The third-order valence-corrected chi connectivity index (χ3v) is 3.36. The smallest absolute Gasteiger partial charge is 0.256 e. The number of benzene rings is 1. The minimum absolute atomic E-state index is 0.0615. The summed E-state index contributed by atoms with van der Waals surface area (Å²) in [4.78, 5) is 16.0. The molecule has 0 aliphatic carbocycles. The summed E-state index contributed by atoms with van der Waals surface area (Å²) in [5, 5.41) is 2.81. The minimum Gasteiger partial charge on any atom is -0.324 e. The first kappa shape index (κ1) is 13.7. The number of nitrogens with zero attached hydrogens (tertiary/aromatic N) is 1. The molecule has 1 amide bonds. The fraction of sp³-hybridized carbons (Fsp3) is 0.143. The Morgan fingerprint density at radius 3 is 2.58 bits per heavy atom. The minimum atomic E-state index is -0.172. The second-order valence-corrected chi connectivity index (χ2v) is 5.07. The van der Waals surface area contributed by atoms with Gasteiger partial charge in [0.25, 0.3) is 5.91 Å². The first-order chi connectivity index (χ1) is 9.08. The van der Waals surface area contributed by atoms with Crippen LogP contribution in [0.5, 0.6) is 0 Å². The van der Waals surface area contributed by atoms with E-state index in [0.29, 0.717) is 11.3 Å². The van der Waals surface area contributed by atoms with E-state index in [2.05, 4.69) is 26.2 Å². The molecule has 98 valence electrons. The highest BCUT2D eigenvalue weighted by Crippen LogP contribution is 2.22. The van der Waals surface area contributed by atoms with E-state index in [4.69, 9.17) is 5.73 Å². The summed E-state index contributed by atoms with van der Waals surface area (Å²) in [6, 6.07) is 8.90. The molecule has 0 radical (unpaired) electrons. The molecule has 1 atom stereocenters. The van der Waals surface area contributed by atoms with Crippen LogP contribution in [0.1, 0.15) is 28.9 Å². The highest BCUT2D eigenvalue weighted by molar-refractivity contribution is 9.10. The van der Waals surface area contributed by atoms with Crippen molar-refractivity contribution in [3.63, 3.8) is 0 Å². The molecule has 4 nitrogen and oxygen atoms in total. The molecule has 1 aromatic carbocycles. The molecule has 5 heteroatoms. The molecule has 1 unspecified atom stereocenters. The number of carbonyl (C=O) groups excluding carboxylic acids is 1. The second kappa shape index (κ2) is 5.95. The lowest BCUT2D eigenvalue weighted by Gasteiger charge is -2.10. The van der Waals surface area contributed by atoms with Gasteiger partial charge in [0.15, 0.2) is 0 Å². The molecular weight excluding hydrogens is 306 g/mol. The molecule has 0 fully saturated rings. The SMILES string of the molecule is CC(N)c1ccc(C(=O)Nc2ccncc2)c(Br)c1. The van der Waals surface area contributed by atoms with Crippen molar-refractivity contribution in [3.8, 4) is 0 Å². The Balaban J connectivity index is 2.20. The molecule has 0 saturated heterocycles. The van der Waals surface area contributed by atoms with Crippen molar-refractivity contribution in [2.75, 3.05) is 5.32 Å². The Morgan fingerprint density at radius 1 is 1.32 bits per heavy atom. The van der Waals surface area contributed by atoms with E-state index in [9.17, 15) is 4.79 Å². The second-order valence-electron chi connectivity index (χ2n) is 4.22. The van der Waals surface area contributed by atoms with Gasteiger partial charge in [0, 0.05) is 28.6 Å². The van der Waals surface area contributed by atoms with Gasteiger partial charge in [-0.2, -0.15) is 0 Å². The number of anilines is 1. The lowest BCUT2D eigenvalue weighted by atomic mass is 10.1. The molecule has 2 rings (SSSR count). The van der Waals surface area contributed by atoms with Gasteiger partial charge in [0.05, 0.1) is 5.56 Å². The maximum absolute atomic E-state index is 12.1. The van der Waals surface area contributed by atoms with Crippen molar-refractivity contribution in [3.05, 3.63) is 58.3 Å². The van der Waals surface area contributed by atoms with Gasteiger partial charge in [-0.05, 0) is 52.7 Å². The zero-order valence-electron chi connectivity index (χ0n) is 10.4. The molecule has 19 heavy (non-hydrogen) atoms. The van der Waals surface area contributed by atoms with E-state index in [1.165, 1.54) is 0 Å². The molecular formula is C14H14BrN3O. The van der Waals surface area contributed by atoms with Gasteiger partial charge in [0.1, 0.15) is 0 Å². The summed E-state index contributed by atoms with van der Waals surface area (Å²) in [6.07, 6.45) is 3.26. The van der Waals surface area contributed by atoms with Crippen molar-refractivity contribution >= 4 is 27.5 Å². The topological polar surface area (TPSA) is 68.0 Å². The van der Waals surface area contributed by atoms with Gasteiger partial charge in [-0.25, -0.2) is 0 Å². The van der Waals surface area contributed by atoms with Crippen molar-refractivity contribution in [1.29, 1.82) is 0 Å². The first-order valence-corrected chi connectivity index (χ1v) is 6.63. The Bertz CT molecular complexity index is 584. The fourth-order valence-electron chi connectivity index (χ4n) is 1.63. The number of carbonyl (C=O) groups is 1. The number of rotatable bonds is 3. The summed E-state index contributed by atoms with van der Waals surface area (Å²) >= 11 is 3.40. The number of pyridine rings is 1. The number of aromatic nitrogens is 1. The van der Waals surface area contributed by atoms with Gasteiger partial charge in [-0.3, -0.25) is 9.78 Å². The molecule has 3 N–H and O–H groups in total. The van der Waals surface area contributed by atoms with Crippen LogP contribution in [0.4, 0.5) is 5.69 Å². The number of nitrogens with two attached hydrogens (primary N) is 1. The Labute approximate surface area is 120 Å². The predicted molar refractivity (Wildman–Crippen MR) is 78.9 cm³/mol. The zero-order chi connectivity index (χ0) is 13.8. The van der Waals surface area contributed by atoms with E-state index in [1.807, 2.05) is 19.1 Å². The third-order valence-electron chi connectivity index (χ3n) is 2.70. The number of hydrogen-bond donors (Lipinski definition) is 2. The molecule has 2 aromatic rings. The summed E-state index contributed by atoms with van der Waals surface area (Å²) in [5.41, 5.74) is 8.06. The van der Waals surface area contributed by atoms with E-state index >= 15 is 0 Å². The van der Waals surface area contributed by atoms with Crippen LogP contribution < -0.4 is 11.1 Å². The number of nitrogens with one attached hydrogen (secondary N) is 1. The van der Waals surface area contributed by atoms with Crippen molar-refractivity contribution < 1.29 is 4.79 Å². The van der Waals surface area contributed by atoms with Crippen LogP contribution >= 0.6 is 15.9 Å². The lowest BCUT2D eigenvalue weighted by molar-refractivity contribution is 0.102. The van der Waals surface area contributed by atoms with Gasteiger partial charge in [-0.15, -0.1) is 0 Å². The Kier molecular flexibility index (Phi) is 4.29. The maximum Gasteiger partial charge on any atom is 0.256 e. The molecule has 0 saturated carbocycles. The van der Waals surface area contributed by atoms with Gasteiger partial charge < -0.3 is 11.1 Å². The summed E-state index contributed by atoms with van der Waals surface area (Å²) in [5.74, 6) is -0.172. The highest BCUT2D eigenvalue weighted by Gasteiger charge is 2.11. The van der Waals surface area contributed by atoms with Crippen LogP contribution in [0.2, 0.25) is 0 Å². The van der Waals surface area contributed by atoms with Crippen LogP contribution in [-0.4, -0.2) is 10.9 Å². The van der Waals surface area contributed by atoms with Crippen LogP contribution in [0, 0.1) is 0 Å². The van der Waals surface area contributed by atoms with Crippen molar-refractivity contribution in [2.45, 2.75) is 13.0 Å². The van der Waals surface area contributed by atoms with Crippen molar-refractivity contribution in [1.82, 2.24) is 4.98 Å². The first-order valence-electron chi connectivity index (χ1n) is 5.84. The van der Waals surface area contributed by atoms with E-state index in [1.54, 1.807) is 30.6 Å². The molecule has 0 spiro atoms. The zero-order valence-corrected chi connectivity index (χ0v) is 12.0. The summed E-state index contributed by atoms with van der Waals surface area (Å²) < 4.78 is 0.730. The highest BCUT2D eigenvalue weighted by atomic mass is 79.9. The quantitative estimate of drug-likeness (QED) is 0.913. The summed E-state index contributed by atoms with van der Waals surface area (Å²) in [7, 11) is 0. The predicted octanol–water partition coefficient (Wildman–Crippen LogP) is 3.12. The molecule has 1 aromatic heterocycles. The largest absolute Gasteiger partial charge is 0.324 e. The molecule has 0 aliphatic heterocycles.